The van der Waals surface area contributed by atoms with E-state index in [1.165, 1.54) is 19.3 Å². The SMILES string of the molecule is Cc1cnc(-c2cccc(NC(=O)NC3CCN(C(=O)C4CCCCC4)CC3)c2)o1. The standard InChI is InChI=1S/C23H30N4O3/c1-16-15-24-21(30-16)18-8-5-9-20(14-18)26-23(29)25-19-10-12-27(13-11-19)22(28)17-6-3-2-4-7-17/h5,8-9,14-15,17,19H,2-4,6-7,10-13H2,1H3,(H2,25,26,29). The summed E-state index contributed by atoms with van der Waals surface area (Å²) < 4.78 is 5.55. The van der Waals surface area contributed by atoms with E-state index < -0.39 is 0 Å². The van der Waals surface area contributed by atoms with Gasteiger partial charge in [-0.25, -0.2) is 9.78 Å². The minimum absolute atomic E-state index is 0.0815. The highest BCUT2D eigenvalue weighted by molar-refractivity contribution is 5.90. The first kappa shape index (κ1) is 20.4. The maximum Gasteiger partial charge on any atom is 0.319 e. The average Bonchev–Trinajstić information content (AvgIpc) is 3.21. The van der Waals surface area contributed by atoms with Crippen molar-refractivity contribution >= 4 is 17.6 Å². The van der Waals surface area contributed by atoms with Crippen LogP contribution < -0.4 is 10.6 Å². The van der Waals surface area contributed by atoms with Crippen molar-refractivity contribution in [1.82, 2.24) is 15.2 Å². The molecule has 0 unspecified atom stereocenters. The quantitative estimate of drug-likeness (QED) is 0.785. The number of carbonyl (C=O) groups is 2. The largest absolute Gasteiger partial charge is 0.441 e. The van der Waals surface area contributed by atoms with Gasteiger partial charge in [0.05, 0.1) is 6.20 Å². The van der Waals surface area contributed by atoms with E-state index in [-0.39, 0.29) is 18.0 Å². The molecule has 30 heavy (non-hydrogen) atoms. The molecule has 0 atom stereocenters. The molecule has 2 N–H and O–H groups in total. The number of benzene rings is 1. The fourth-order valence-electron chi connectivity index (χ4n) is 4.42. The van der Waals surface area contributed by atoms with Crippen LogP contribution in [0, 0.1) is 12.8 Å². The Balaban J connectivity index is 1.26. The molecule has 3 amide bonds. The molecule has 2 aliphatic rings. The number of aryl methyl sites for hydroxylation is 1. The van der Waals surface area contributed by atoms with Gasteiger partial charge >= 0.3 is 6.03 Å². The van der Waals surface area contributed by atoms with Crippen molar-refractivity contribution in [2.24, 2.45) is 5.92 Å². The Hall–Kier alpha value is -2.83. The number of likely N-dealkylation sites (tertiary alicyclic amines) is 1. The fraction of sp³-hybridized carbons (Fsp3) is 0.522. The highest BCUT2D eigenvalue weighted by atomic mass is 16.4. The molecule has 0 radical (unpaired) electrons. The van der Waals surface area contributed by atoms with E-state index in [2.05, 4.69) is 15.6 Å². The van der Waals surface area contributed by atoms with Gasteiger partial charge in [0.2, 0.25) is 11.8 Å². The molecule has 160 valence electrons. The molecule has 7 nitrogen and oxygen atoms in total. The van der Waals surface area contributed by atoms with Crippen LogP contribution in [0.2, 0.25) is 0 Å². The number of hydrogen-bond acceptors (Lipinski definition) is 4. The number of piperidine rings is 1. The molecule has 7 heteroatoms. The molecule has 2 fully saturated rings. The smallest absolute Gasteiger partial charge is 0.319 e. The van der Waals surface area contributed by atoms with E-state index in [0.717, 1.165) is 50.1 Å². The molecule has 4 rings (SSSR count). The Morgan fingerprint density at radius 1 is 1.10 bits per heavy atom. The number of amides is 3. The lowest BCUT2D eigenvalue weighted by molar-refractivity contribution is -0.137. The summed E-state index contributed by atoms with van der Waals surface area (Å²) in [4.78, 5) is 31.4. The predicted molar refractivity (Wildman–Crippen MR) is 115 cm³/mol. The third-order valence-electron chi connectivity index (χ3n) is 6.08. The summed E-state index contributed by atoms with van der Waals surface area (Å²) in [6.45, 7) is 3.29. The summed E-state index contributed by atoms with van der Waals surface area (Å²) in [6, 6.07) is 7.29. The summed E-state index contributed by atoms with van der Waals surface area (Å²) in [5.74, 6) is 1.81. The first-order valence-corrected chi connectivity index (χ1v) is 11.0. The summed E-state index contributed by atoms with van der Waals surface area (Å²) in [6.07, 6.45) is 8.93. The molecule has 1 aromatic heterocycles. The van der Waals surface area contributed by atoms with E-state index >= 15 is 0 Å². The van der Waals surface area contributed by atoms with Crippen molar-refractivity contribution in [3.05, 3.63) is 36.2 Å². The number of anilines is 1. The molecule has 1 aliphatic carbocycles. The maximum absolute atomic E-state index is 12.7. The highest BCUT2D eigenvalue weighted by Crippen LogP contribution is 2.27. The second kappa shape index (κ2) is 9.32. The van der Waals surface area contributed by atoms with Crippen molar-refractivity contribution in [1.29, 1.82) is 0 Å². The van der Waals surface area contributed by atoms with Crippen molar-refractivity contribution in [3.8, 4) is 11.5 Å². The van der Waals surface area contributed by atoms with Gasteiger partial charge in [0.25, 0.3) is 0 Å². The van der Waals surface area contributed by atoms with Crippen LogP contribution in [-0.2, 0) is 4.79 Å². The third-order valence-corrected chi connectivity index (χ3v) is 6.08. The molecule has 0 bridgehead atoms. The Morgan fingerprint density at radius 2 is 1.87 bits per heavy atom. The number of oxazole rings is 1. The fourth-order valence-corrected chi connectivity index (χ4v) is 4.42. The molecular weight excluding hydrogens is 380 g/mol. The lowest BCUT2D eigenvalue weighted by Crippen LogP contribution is -2.49. The number of nitrogens with one attached hydrogen (secondary N) is 2. The van der Waals surface area contributed by atoms with Crippen molar-refractivity contribution in [2.45, 2.75) is 57.9 Å². The van der Waals surface area contributed by atoms with Gasteiger partial charge < -0.3 is 20.0 Å². The molecule has 1 saturated carbocycles. The molecule has 1 saturated heterocycles. The van der Waals surface area contributed by atoms with Gasteiger partial charge in [-0.05, 0) is 50.8 Å². The number of nitrogens with zero attached hydrogens (tertiary/aromatic N) is 2. The zero-order valence-corrected chi connectivity index (χ0v) is 17.5. The van der Waals surface area contributed by atoms with Gasteiger partial charge in [0.15, 0.2) is 0 Å². The molecule has 2 heterocycles. The number of hydrogen-bond donors (Lipinski definition) is 2. The number of carbonyl (C=O) groups excluding carboxylic acids is 2. The van der Waals surface area contributed by atoms with Crippen molar-refractivity contribution < 1.29 is 14.0 Å². The van der Waals surface area contributed by atoms with E-state index in [0.29, 0.717) is 17.5 Å². The minimum atomic E-state index is -0.229. The minimum Gasteiger partial charge on any atom is -0.441 e. The molecule has 1 aliphatic heterocycles. The van der Waals surface area contributed by atoms with Crippen LogP contribution in [0.3, 0.4) is 0 Å². The Bertz CT molecular complexity index is 880. The first-order chi connectivity index (χ1) is 14.6. The molecular formula is C23H30N4O3. The summed E-state index contributed by atoms with van der Waals surface area (Å²) >= 11 is 0. The van der Waals surface area contributed by atoms with Gasteiger partial charge in [-0.2, -0.15) is 0 Å². The second-order valence-corrected chi connectivity index (χ2v) is 8.39. The summed E-state index contributed by atoms with van der Waals surface area (Å²) in [5, 5.41) is 5.93. The van der Waals surface area contributed by atoms with Gasteiger partial charge in [-0.15, -0.1) is 0 Å². The molecule has 0 spiro atoms. The monoisotopic (exact) mass is 410 g/mol. The maximum atomic E-state index is 12.7. The molecule has 2 aromatic rings. The number of urea groups is 1. The van der Waals surface area contributed by atoms with Crippen LogP contribution in [0.25, 0.3) is 11.5 Å². The average molecular weight is 411 g/mol. The van der Waals surface area contributed by atoms with Crippen LogP contribution in [-0.4, -0.2) is 41.0 Å². The van der Waals surface area contributed by atoms with Gasteiger partial charge in [-0.3, -0.25) is 4.79 Å². The summed E-state index contributed by atoms with van der Waals surface area (Å²) in [7, 11) is 0. The van der Waals surface area contributed by atoms with Crippen LogP contribution in [0.5, 0.6) is 0 Å². The van der Waals surface area contributed by atoms with E-state index in [1.807, 2.05) is 36.1 Å². The van der Waals surface area contributed by atoms with Crippen LogP contribution in [0.4, 0.5) is 10.5 Å². The zero-order chi connectivity index (χ0) is 20.9. The molecule has 1 aromatic carbocycles. The van der Waals surface area contributed by atoms with Crippen LogP contribution in [0.1, 0.15) is 50.7 Å². The van der Waals surface area contributed by atoms with Crippen LogP contribution >= 0.6 is 0 Å². The first-order valence-electron chi connectivity index (χ1n) is 11.0. The normalized spacial score (nSPS) is 18.2. The third kappa shape index (κ3) is 5.01. The lowest BCUT2D eigenvalue weighted by atomic mass is 9.87. The number of rotatable bonds is 4. The lowest BCUT2D eigenvalue weighted by Gasteiger charge is -2.35. The van der Waals surface area contributed by atoms with E-state index in [4.69, 9.17) is 4.42 Å². The van der Waals surface area contributed by atoms with Crippen molar-refractivity contribution in [2.75, 3.05) is 18.4 Å². The highest BCUT2D eigenvalue weighted by Gasteiger charge is 2.29. The topological polar surface area (TPSA) is 87.5 Å². The Labute approximate surface area is 177 Å². The predicted octanol–water partition coefficient (Wildman–Crippen LogP) is 4.34. The number of aromatic nitrogens is 1. The zero-order valence-electron chi connectivity index (χ0n) is 17.5. The van der Waals surface area contributed by atoms with Gasteiger partial charge in [0, 0.05) is 36.3 Å². The van der Waals surface area contributed by atoms with Gasteiger partial charge in [0.1, 0.15) is 5.76 Å². The summed E-state index contributed by atoms with van der Waals surface area (Å²) in [5.41, 5.74) is 1.50. The van der Waals surface area contributed by atoms with E-state index in [1.54, 1.807) is 6.20 Å². The Kier molecular flexibility index (Phi) is 6.35. The van der Waals surface area contributed by atoms with Gasteiger partial charge in [-0.1, -0.05) is 25.3 Å². The van der Waals surface area contributed by atoms with Crippen molar-refractivity contribution in [3.63, 3.8) is 0 Å². The Morgan fingerprint density at radius 3 is 2.57 bits per heavy atom. The second-order valence-electron chi connectivity index (χ2n) is 8.39. The van der Waals surface area contributed by atoms with E-state index in [9.17, 15) is 9.59 Å². The van der Waals surface area contributed by atoms with Crippen LogP contribution in [0.15, 0.2) is 34.9 Å².